The standard InChI is InChI=1S/C54H56N4O2/c1-3-35-31-57(27-23-37(35)29-51(57)53(59)45-21-25-55-49-19-11-9-17-43(45)49)33-47-39-13-5-7-15-41(39)48(42-16-8-6-14-40(42)47)34-58-28-24-38(36(4-2)32-58)30-52(58)54(60)46-22-26-56-50-20-12-10-18-44(46)50/h3-22,25-26,35-38,51-54,59-60H,1-2,23-24,27-34H2/q+2/t35?,36?,37?,38?,51-,52-,53+,54+,57+,58+/m1/s1. The maximum atomic E-state index is 12.6. The predicted octanol–water partition coefficient (Wildman–Crippen LogP) is 10.4. The van der Waals surface area contributed by atoms with Gasteiger partial charge in [0, 0.05) is 71.8 Å². The number of aliphatic hydroxyl groups is 2. The van der Waals surface area contributed by atoms with Crippen LogP contribution in [0.15, 0.2) is 147 Å². The number of fused-ring (bicyclic) bond motifs is 10. The minimum Gasteiger partial charge on any atom is -0.382 e. The summed E-state index contributed by atoms with van der Waals surface area (Å²) in [6, 6.07) is 39.0. The zero-order valence-corrected chi connectivity index (χ0v) is 34.5. The molecule has 2 aromatic heterocycles. The molecule has 0 radical (unpaired) electrons. The van der Waals surface area contributed by atoms with Crippen molar-refractivity contribution in [3.63, 3.8) is 0 Å². The minimum absolute atomic E-state index is 0.0540. The average molecular weight is 793 g/mol. The SMILES string of the molecule is C=CC1C[N@+]2(Cc3c4ccccc4c(C[N@@+]45CCC(C[C@@H]4[C@@H](O)c4ccnc6ccccc46)C(C=C)C5)c4ccccc34)CCC1C[C@@H]2[C@@H](O)c1ccnc2ccccc12. The van der Waals surface area contributed by atoms with E-state index in [2.05, 4.69) is 120 Å². The van der Waals surface area contributed by atoms with Gasteiger partial charge in [0.2, 0.25) is 0 Å². The number of pyridine rings is 2. The fourth-order valence-corrected chi connectivity index (χ4v) is 13.2. The first-order valence-electron chi connectivity index (χ1n) is 22.3. The number of rotatable bonds is 10. The van der Waals surface area contributed by atoms with Crippen molar-refractivity contribution >= 4 is 43.4 Å². The normalized spacial score (nSPS) is 29.6. The number of aliphatic hydroxyl groups excluding tert-OH is 2. The molecule has 0 amide bonds. The summed E-state index contributed by atoms with van der Waals surface area (Å²) in [6.07, 6.45) is 11.2. The zero-order chi connectivity index (χ0) is 40.6. The van der Waals surface area contributed by atoms with Gasteiger partial charge in [0.1, 0.15) is 37.4 Å². The van der Waals surface area contributed by atoms with Gasteiger partial charge in [-0.05, 0) is 68.8 Å². The monoisotopic (exact) mass is 792 g/mol. The molecule has 2 N–H and O–H groups in total. The molecule has 6 heteroatoms. The van der Waals surface area contributed by atoms with Crippen LogP contribution >= 0.6 is 0 Å². The second kappa shape index (κ2) is 14.7. The quantitative estimate of drug-likeness (QED) is 0.0823. The smallest absolute Gasteiger partial charge is 0.131 e. The molecule has 0 aliphatic carbocycles. The molecule has 60 heavy (non-hydrogen) atoms. The Morgan fingerprint density at radius 2 is 0.900 bits per heavy atom. The highest BCUT2D eigenvalue weighted by molar-refractivity contribution is 6.05. The van der Waals surface area contributed by atoms with Crippen molar-refractivity contribution in [2.75, 3.05) is 26.2 Å². The Balaban J connectivity index is 1.04. The van der Waals surface area contributed by atoms with E-state index in [1.807, 2.05) is 36.7 Å². The van der Waals surface area contributed by atoms with Gasteiger partial charge in [-0.3, -0.25) is 9.97 Å². The van der Waals surface area contributed by atoms with Crippen molar-refractivity contribution < 1.29 is 19.2 Å². The van der Waals surface area contributed by atoms with Gasteiger partial charge in [0.15, 0.2) is 0 Å². The van der Waals surface area contributed by atoms with Crippen molar-refractivity contribution in [2.45, 2.75) is 63.1 Å². The molecule has 0 spiro atoms. The van der Waals surface area contributed by atoms with E-state index in [0.717, 1.165) is 107 Å². The van der Waals surface area contributed by atoms with Crippen molar-refractivity contribution in [3.05, 3.63) is 169 Å². The summed E-state index contributed by atoms with van der Waals surface area (Å²) in [6.45, 7) is 14.4. The number of hydrogen-bond donors (Lipinski definition) is 2. The molecular formula is C54H56N4O2+2. The first-order valence-corrected chi connectivity index (χ1v) is 22.3. The van der Waals surface area contributed by atoms with Crippen LogP contribution in [0.5, 0.6) is 0 Å². The molecule has 6 nitrogen and oxygen atoms in total. The minimum atomic E-state index is -0.611. The van der Waals surface area contributed by atoms with Gasteiger partial charge in [0.05, 0.1) is 37.2 Å². The molecule has 5 aromatic carbocycles. The molecule has 7 aromatic rings. The molecule has 8 heterocycles. The highest BCUT2D eigenvalue weighted by atomic mass is 16.3. The van der Waals surface area contributed by atoms with Gasteiger partial charge < -0.3 is 19.2 Å². The maximum absolute atomic E-state index is 12.6. The number of quaternary nitrogens is 2. The van der Waals surface area contributed by atoms with Crippen molar-refractivity contribution in [1.29, 1.82) is 0 Å². The number of nitrogens with zero attached hydrogens (tertiary/aromatic N) is 4. The summed E-state index contributed by atoms with van der Waals surface area (Å²) in [7, 11) is 0. The summed E-state index contributed by atoms with van der Waals surface area (Å²) in [4.78, 5) is 9.32. The summed E-state index contributed by atoms with van der Waals surface area (Å²) >= 11 is 0. The Kier molecular flexibility index (Phi) is 9.27. The van der Waals surface area contributed by atoms with Crippen LogP contribution in [0.3, 0.4) is 0 Å². The number of benzene rings is 5. The van der Waals surface area contributed by atoms with E-state index in [4.69, 9.17) is 0 Å². The first-order chi connectivity index (χ1) is 29.4. The summed E-state index contributed by atoms with van der Waals surface area (Å²) < 4.78 is 1.68. The van der Waals surface area contributed by atoms with Crippen LogP contribution < -0.4 is 0 Å². The van der Waals surface area contributed by atoms with Crippen LogP contribution in [-0.4, -0.2) is 67.4 Å². The van der Waals surface area contributed by atoms with Crippen LogP contribution in [0.2, 0.25) is 0 Å². The first kappa shape index (κ1) is 37.7. The largest absolute Gasteiger partial charge is 0.382 e. The maximum Gasteiger partial charge on any atom is 0.131 e. The van der Waals surface area contributed by atoms with E-state index in [1.165, 1.54) is 32.7 Å². The number of para-hydroxylation sites is 2. The number of hydrogen-bond acceptors (Lipinski definition) is 4. The molecule has 4 bridgehead atoms. The van der Waals surface area contributed by atoms with Crippen LogP contribution in [0, 0.1) is 23.7 Å². The van der Waals surface area contributed by atoms with Crippen LogP contribution in [-0.2, 0) is 13.1 Å². The van der Waals surface area contributed by atoms with Crippen molar-refractivity contribution in [3.8, 4) is 0 Å². The van der Waals surface area contributed by atoms with Gasteiger partial charge in [-0.2, -0.15) is 0 Å². The zero-order valence-electron chi connectivity index (χ0n) is 34.5. The van der Waals surface area contributed by atoms with Crippen LogP contribution in [0.25, 0.3) is 43.4 Å². The third-order valence-electron chi connectivity index (χ3n) is 16.2. The molecule has 13 rings (SSSR count). The summed E-state index contributed by atoms with van der Waals surface area (Å²) in [5.74, 6) is 1.90. The van der Waals surface area contributed by atoms with E-state index in [-0.39, 0.29) is 12.1 Å². The molecule has 4 unspecified atom stereocenters. The lowest BCUT2D eigenvalue weighted by Crippen LogP contribution is -2.67. The lowest BCUT2D eigenvalue weighted by atomic mass is 9.70. The molecule has 6 aliphatic rings. The van der Waals surface area contributed by atoms with Crippen molar-refractivity contribution in [2.24, 2.45) is 23.7 Å². The topological polar surface area (TPSA) is 66.2 Å². The van der Waals surface area contributed by atoms with Gasteiger partial charge in [0.25, 0.3) is 0 Å². The third-order valence-corrected chi connectivity index (χ3v) is 16.2. The Bertz CT molecular complexity index is 2540. The fraction of sp³-hybridized carbons (Fsp3) is 0.333. The van der Waals surface area contributed by atoms with E-state index in [9.17, 15) is 10.2 Å². The van der Waals surface area contributed by atoms with E-state index < -0.39 is 12.2 Å². The molecular weight excluding hydrogens is 737 g/mol. The van der Waals surface area contributed by atoms with Gasteiger partial charge >= 0.3 is 0 Å². The molecule has 6 aliphatic heterocycles. The van der Waals surface area contributed by atoms with E-state index in [1.54, 1.807) is 0 Å². The predicted molar refractivity (Wildman–Crippen MR) is 243 cm³/mol. The Morgan fingerprint density at radius 3 is 1.28 bits per heavy atom. The molecule has 6 saturated heterocycles. The lowest BCUT2D eigenvalue weighted by Gasteiger charge is -2.58. The molecule has 302 valence electrons. The Hall–Kier alpha value is -5.24. The van der Waals surface area contributed by atoms with Crippen LogP contribution in [0.1, 0.15) is 60.1 Å². The van der Waals surface area contributed by atoms with Crippen molar-refractivity contribution in [1.82, 2.24) is 9.97 Å². The van der Waals surface area contributed by atoms with Gasteiger partial charge in [-0.1, -0.05) is 97.1 Å². The second-order valence-electron chi connectivity index (χ2n) is 18.8. The van der Waals surface area contributed by atoms with E-state index >= 15 is 0 Å². The lowest BCUT2D eigenvalue weighted by molar-refractivity contribution is -0.984. The highest BCUT2D eigenvalue weighted by Crippen LogP contribution is 2.52. The van der Waals surface area contributed by atoms with Gasteiger partial charge in [-0.25, -0.2) is 0 Å². The molecule has 10 atom stereocenters. The van der Waals surface area contributed by atoms with Crippen LogP contribution in [0.4, 0.5) is 0 Å². The fourth-order valence-electron chi connectivity index (χ4n) is 13.2. The second-order valence-corrected chi connectivity index (χ2v) is 18.8. The number of piperidine rings is 6. The third kappa shape index (κ3) is 5.90. The Labute approximate surface area is 353 Å². The average Bonchev–Trinajstić information content (AvgIpc) is 3.31. The molecule has 0 saturated carbocycles. The molecule has 6 fully saturated rings. The highest BCUT2D eigenvalue weighted by Gasteiger charge is 2.56. The summed E-state index contributed by atoms with van der Waals surface area (Å²) in [5.41, 5.74) is 6.60. The summed E-state index contributed by atoms with van der Waals surface area (Å²) in [5, 5.41) is 32.6. The van der Waals surface area contributed by atoms with E-state index in [0.29, 0.717) is 23.7 Å². The number of aromatic nitrogens is 2. The Morgan fingerprint density at radius 1 is 0.533 bits per heavy atom. The van der Waals surface area contributed by atoms with Gasteiger partial charge in [-0.15, -0.1) is 13.2 Å².